The first-order chi connectivity index (χ1) is 8.74. The van der Waals surface area contributed by atoms with Gasteiger partial charge in [0.25, 0.3) is 0 Å². The van der Waals surface area contributed by atoms with Crippen LogP contribution >= 0.6 is 27.3 Å². The summed E-state index contributed by atoms with van der Waals surface area (Å²) >= 11 is 5.31. The number of rotatable bonds is 9. The highest BCUT2D eigenvalue weighted by Gasteiger charge is 2.26. The highest BCUT2D eigenvalue weighted by molar-refractivity contribution is 9.10. The van der Waals surface area contributed by atoms with E-state index >= 15 is 0 Å². The second kappa shape index (κ2) is 9.04. The van der Waals surface area contributed by atoms with E-state index in [-0.39, 0.29) is 12.3 Å². The summed E-state index contributed by atoms with van der Waals surface area (Å²) in [6.45, 7) is 8.39. The predicted molar refractivity (Wildman–Crippen MR) is 80.1 cm³/mol. The molecule has 0 amide bonds. The molecule has 5 heteroatoms. The average Bonchev–Trinajstić information content (AvgIpc) is 2.77. The summed E-state index contributed by atoms with van der Waals surface area (Å²) in [6.07, 6.45) is 0.853. The van der Waals surface area contributed by atoms with Gasteiger partial charge in [0, 0.05) is 22.6 Å². The van der Waals surface area contributed by atoms with Crippen LogP contribution in [0.2, 0.25) is 0 Å². The van der Waals surface area contributed by atoms with Crippen LogP contribution in [-0.4, -0.2) is 26.0 Å². The fourth-order valence-corrected chi connectivity index (χ4v) is 3.42. The third kappa shape index (κ3) is 4.63. The second-order valence-corrected chi connectivity index (χ2v) is 5.65. The largest absolute Gasteiger partial charge is 0.351 e. The summed E-state index contributed by atoms with van der Waals surface area (Å²) in [5.74, 6) is 0. The fraction of sp³-hybridized carbons (Fsp3) is 0.692. The molecular weight excluding hydrogens is 314 g/mol. The summed E-state index contributed by atoms with van der Waals surface area (Å²) in [5, 5.41) is 5.59. The molecule has 0 aliphatic heterocycles. The number of ether oxygens (including phenoxy) is 2. The molecular formula is C13H22BrNO2S. The Kier molecular flexibility index (Phi) is 8.10. The van der Waals surface area contributed by atoms with Crippen LogP contribution in [0.15, 0.2) is 15.9 Å². The van der Waals surface area contributed by atoms with Gasteiger partial charge >= 0.3 is 0 Å². The van der Waals surface area contributed by atoms with E-state index in [1.165, 1.54) is 4.88 Å². The van der Waals surface area contributed by atoms with Crippen molar-refractivity contribution in [3.63, 3.8) is 0 Å². The third-order valence-electron chi connectivity index (χ3n) is 2.48. The topological polar surface area (TPSA) is 30.5 Å². The Bertz CT molecular complexity index is 327. The van der Waals surface area contributed by atoms with Crippen LogP contribution in [0.1, 0.15) is 38.1 Å². The molecule has 0 saturated heterocycles. The van der Waals surface area contributed by atoms with Crippen LogP contribution in [-0.2, 0) is 9.47 Å². The van der Waals surface area contributed by atoms with Crippen LogP contribution in [0.5, 0.6) is 0 Å². The number of thiophene rings is 1. The number of hydrogen-bond acceptors (Lipinski definition) is 4. The molecule has 0 bridgehead atoms. The molecule has 0 aliphatic carbocycles. The zero-order valence-electron chi connectivity index (χ0n) is 11.2. The predicted octanol–water partition coefficient (Wildman–Crippen LogP) is 3.95. The van der Waals surface area contributed by atoms with Crippen molar-refractivity contribution in [1.82, 2.24) is 5.32 Å². The van der Waals surface area contributed by atoms with Gasteiger partial charge in [0.2, 0.25) is 0 Å². The van der Waals surface area contributed by atoms with E-state index < -0.39 is 0 Å². The molecule has 0 aliphatic rings. The molecule has 1 unspecified atom stereocenters. The van der Waals surface area contributed by atoms with Crippen molar-refractivity contribution in [3.8, 4) is 0 Å². The molecule has 104 valence electrons. The Morgan fingerprint density at radius 3 is 2.39 bits per heavy atom. The van der Waals surface area contributed by atoms with Gasteiger partial charge in [-0.3, -0.25) is 0 Å². The van der Waals surface area contributed by atoms with Crippen LogP contribution in [0.4, 0.5) is 0 Å². The molecule has 1 rings (SSSR count). The van der Waals surface area contributed by atoms with E-state index in [4.69, 9.17) is 9.47 Å². The lowest BCUT2D eigenvalue weighted by molar-refractivity contribution is -0.154. The van der Waals surface area contributed by atoms with Crippen molar-refractivity contribution in [3.05, 3.63) is 20.8 Å². The first kappa shape index (κ1) is 16.1. The lowest BCUT2D eigenvalue weighted by Crippen LogP contribution is -2.36. The maximum absolute atomic E-state index is 5.72. The molecule has 0 spiro atoms. The molecule has 3 nitrogen and oxygen atoms in total. The zero-order chi connectivity index (χ0) is 13.4. The van der Waals surface area contributed by atoms with Gasteiger partial charge < -0.3 is 14.8 Å². The van der Waals surface area contributed by atoms with Gasteiger partial charge in [0.15, 0.2) is 6.29 Å². The van der Waals surface area contributed by atoms with E-state index in [2.05, 4.69) is 39.6 Å². The SMILES string of the molecule is CCCNC(c1sccc1Br)C(OCC)OCC. The maximum atomic E-state index is 5.72. The Morgan fingerprint density at radius 2 is 1.94 bits per heavy atom. The Balaban J connectivity index is 2.84. The van der Waals surface area contributed by atoms with Gasteiger partial charge in [0.05, 0.1) is 6.04 Å². The van der Waals surface area contributed by atoms with E-state index in [1.54, 1.807) is 11.3 Å². The van der Waals surface area contributed by atoms with Gasteiger partial charge in [-0.25, -0.2) is 0 Å². The molecule has 0 aromatic carbocycles. The molecule has 0 radical (unpaired) electrons. The first-order valence-electron chi connectivity index (χ1n) is 6.44. The van der Waals surface area contributed by atoms with Crippen molar-refractivity contribution in [2.75, 3.05) is 19.8 Å². The molecule has 18 heavy (non-hydrogen) atoms. The average molecular weight is 336 g/mol. The highest BCUT2D eigenvalue weighted by Crippen LogP contribution is 2.32. The lowest BCUT2D eigenvalue weighted by atomic mass is 10.2. The molecule has 0 saturated carbocycles. The molecule has 1 aromatic rings. The summed E-state index contributed by atoms with van der Waals surface area (Å²) in [7, 11) is 0. The molecule has 1 N–H and O–H groups in total. The van der Waals surface area contributed by atoms with Crippen molar-refractivity contribution < 1.29 is 9.47 Å². The summed E-state index contributed by atoms with van der Waals surface area (Å²) in [4.78, 5) is 1.23. The number of halogens is 1. The Labute approximate surface area is 122 Å². The van der Waals surface area contributed by atoms with Crippen molar-refractivity contribution in [1.29, 1.82) is 0 Å². The van der Waals surface area contributed by atoms with Crippen LogP contribution < -0.4 is 5.32 Å². The van der Waals surface area contributed by atoms with E-state index in [0.717, 1.165) is 17.4 Å². The van der Waals surface area contributed by atoms with Gasteiger partial charge in [-0.05, 0) is 54.2 Å². The Hall–Kier alpha value is 0.0600. The van der Waals surface area contributed by atoms with Gasteiger partial charge in [-0.15, -0.1) is 11.3 Å². The molecule has 1 heterocycles. The quantitative estimate of drug-likeness (QED) is 0.693. The Morgan fingerprint density at radius 1 is 1.28 bits per heavy atom. The van der Waals surface area contributed by atoms with Gasteiger partial charge in [0.1, 0.15) is 0 Å². The zero-order valence-corrected chi connectivity index (χ0v) is 13.6. The van der Waals surface area contributed by atoms with Crippen LogP contribution in [0.3, 0.4) is 0 Å². The summed E-state index contributed by atoms with van der Waals surface area (Å²) in [5.41, 5.74) is 0. The number of hydrogen-bond donors (Lipinski definition) is 1. The number of nitrogens with one attached hydrogen (secondary N) is 1. The van der Waals surface area contributed by atoms with Crippen LogP contribution in [0, 0.1) is 0 Å². The highest BCUT2D eigenvalue weighted by atomic mass is 79.9. The minimum atomic E-state index is -0.235. The molecule has 1 atom stereocenters. The fourth-order valence-electron chi connectivity index (χ4n) is 1.71. The monoisotopic (exact) mass is 335 g/mol. The molecule has 1 aromatic heterocycles. The van der Waals surface area contributed by atoms with Crippen molar-refractivity contribution in [2.45, 2.75) is 39.5 Å². The summed E-state index contributed by atoms with van der Waals surface area (Å²) < 4.78 is 12.6. The van der Waals surface area contributed by atoms with Crippen molar-refractivity contribution in [2.24, 2.45) is 0 Å². The minimum Gasteiger partial charge on any atom is -0.351 e. The van der Waals surface area contributed by atoms with E-state index in [0.29, 0.717) is 13.2 Å². The lowest BCUT2D eigenvalue weighted by Gasteiger charge is -2.27. The van der Waals surface area contributed by atoms with Gasteiger partial charge in [-0.1, -0.05) is 6.92 Å². The standard InChI is InChI=1S/C13H22BrNO2S/c1-4-8-15-11(12-10(14)7-9-18-12)13(16-5-2)17-6-3/h7,9,11,13,15H,4-6,8H2,1-3H3. The van der Waals surface area contributed by atoms with E-state index in [9.17, 15) is 0 Å². The minimum absolute atomic E-state index is 0.0826. The first-order valence-corrected chi connectivity index (χ1v) is 8.11. The van der Waals surface area contributed by atoms with Gasteiger partial charge in [-0.2, -0.15) is 0 Å². The normalized spacial score (nSPS) is 13.2. The second-order valence-electron chi connectivity index (χ2n) is 3.84. The maximum Gasteiger partial charge on any atom is 0.177 e. The van der Waals surface area contributed by atoms with E-state index in [1.807, 2.05) is 13.8 Å². The van der Waals surface area contributed by atoms with Crippen molar-refractivity contribution >= 4 is 27.3 Å². The molecule has 0 fully saturated rings. The van der Waals surface area contributed by atoms with Crippen LogP contribution in [0.25, 0.3) is 0 Å². The third-order valence-corrected chi connectivity index (χ3v) is 4.43. The summed E-state index contributed by atoms with van der Waals surface area (Å²) in [6, 6.07) is 2.15. The smallest absolute Gasteiger partial charge is 0.177 e.